The second-order valence-electron chi connectivity index (χ2n) is 5.29. The first-order valence-corrected chi connectivity index (χ1v) is 7.37. The van der Waals surface area contributed by atoms with Crippen molar-refractivity contribution < 1.29 is 9.53 Å². The Hall–Kier alpha value is -2.33. The maximum Gasteiger partial charge on any atom is 0.227 e. The lowest BCUT2D eigenvalue weighted by atomic mass is 10.1. The number of hydrogen-bond donors (Lipinski definition) is 2. The average molecular weight is 298 g/mol. The Morgan fingerprint density at radius 3 is 2.45 bits per heavy atom. The van der Waals surface area contributed by atoms with Gasteiger partial charge in [0.15, 0.2) is 0 Å². The van der Waals surface area contributed by atoms with Crippen LogP contribution in [0.4, 0.5) is 5.69 Å². The number of nitrogens with two attached hydrogens (primary N) is 1. The summed E-state index contributed by atoms with van der Waals surface area (Å²) in [5, 5.41) is 2.84. The van der Waals surface area contributed by atoms with Gasteiger partial charge in [0.25, 0.3) is 0 Å². The van der Waals surface area contributed by atoms with Gasteiger partial charge in [0.05, 0.1) is 13.0 Å². The van der Waals surface area contributed by atoms with Crippen LogP contribution in [0.15, 0.2) is 42.5 Å². The minimum atomic E-state index is -0.0654. The van der Waals surface area contributed by atoms with Gasteiger partial charge in [-0.15, -0.1) is 0 Å². The largest absolute Gasteiger partial charge is 0.493 e. The Morgan fingerprint density at radius 2 is 1.82 bits per heavy atom. The number of ether oxygens (including phenoxy) is 1. The molecular formula is C18H22N2O2. The summed E-state index contributed by atoms with van der Waals surface area (Å²) in [5.41, 5.74) is 9.76. The van der Waals surface area contributed by atoms with E-state index in [-0.39, 0.29) is 5.91 Å². The average Bonchev–Trinajstić information content (AvgIpc) is 2.51. The van der Waals surface area contributed by atoms with Crippen molar-refractivity contribution in [2.75, 3.05) is 11.9 Å². The fourth-order valence-electron chi connectivity index (χ4n) is 2.01. The van der Waals surface area contributed by atoms with E-state index in [0.29, 0.717) is 19.6 Å². The van der Waals surface area contributed by atoms with Gasteiger partial charge in [-0.25, -0.2) is 0 Å². The number of rotatable bonds is 6. The number of amides is 1. The van der Waals surface area contributed by atoms with E-state index in [1.807, 2.05) is 49.4 Å². The van der Waals surface area contributed by atoms with Crippen molar-refractivity contribution in [3.05, 3.63) is 59.2 Å². The quantitative estimate of drug-likeness (QED) is 0.861. The summed E-state index contributed by atoms with van der Waals surface area (Å²) in [6.07, 6.45) is 0.311. The molecule has 0 spiro atoms. The number of benzene rings is 2. The molecule has 0 unspecified atom stereocenters. The third-order valence-electron chi connectivity index (χ3n) is 3.55. The predicted molar refractivity (Wildman–Crippen MR) is 89.0 cm³/mol. The Balaban J connectivity index is 1.78. The summed E-state index contributed by atoms with van der Waals surface area (Å²) in [6.45, 7) is 4.95. The van der Waals surface area contributed by atoms with E-state index in [9.17, 15) is 4.79 Å². The van der Waals surface area contributed by atoms with Gasteiger partial charge in [-0.05, 0) is 54.8 Å². The van der Waals surface area contributed by atoms with Crippen LogP contribution in [-0.2, 0) is 11.3 Å². The molecule has 4 nitrogen and oxygen atoms in total. The molecule has 0 fully saturated rings. The number of carbonyl (C=O) groups is 1. The summed E-state index contributed by atoms with van der Waals surface area (Å²) >= 11 is 0. The van der Waals surface area contributed by atoms with Crippen molar-refractivity contribution in [3.8, 4) is 5.75 Å². The lowest BCUT2D eigenvalue weighted by Gasteiger charge is -2.09. The molecule has 116 valence electrons. The van der Waals surface area contributed by atoms with Crippen LogP contribution in [0.5, 0.6) is 5.75 Å². The standard InChI is InChI=1S/C18H22N2O2/c1-13-3-8-17(11-14(13)2)22-10-9-18(21)20-16-6-4-15(12-19)5-7-16/h3-8,11H,9-10,12,19H2,1-2H3,(H,20,21). The highest BCUT2D eigenvalue weighted by Crippen LogP contribution is 2.16. The third-order valence-corrected chi connectivity index (χ3v) is 3.55. The molecule has 0 heterocycles. The first-order valence-electron chi connectivity index (χ1n) is 7.37. The van der Waals surface area contributed by atoms with E-state index >= 15 is 0 Å². The Labute approximate surface area is 131 Å². The van der Waals surface area contributed by atoms with E-state index in [4.69, 9.17) is 10.5 Å². The van der Waals surface area contributed by atoms with Gasteiger partial charge in [0.1, 0.15) is 5.75 Å². The van der Waals surface area contributed by atoms with Crippen molar-refractivity contribution in [1.29, 1.82) is 0 Å². The summed E-state index contributed by atoms with van der Waals surface area (Å²) in [7, 11) is 0. The highest BCUT2D eigenvalue weighted by atomic mass is 16.5. The van der Waals surface area contributed by atoms with Gasteiger partial charge in [-0.1, -0.05) is 18.2 Å². The topological polar surface area (TPSA) is 64.3 Å². The summed E-state index contributed by atoms with van der Waals surface area (Å²) in [6, 6.07) is 13.4. The van der Waals surface area contributed by atoms with Gasteiger partial charge < -0.3 is 15.8 Å². The molecular weight excluding hydrogens is 276 g/mol. The molecule has 1 amide bonds. The molecule has 3 N–H and O–H groups in total. The molecule has 0 aliphatic rings. The molecule has 0 saturated heterocycles. The van der Waals surface area contributed by atoms with E-state index < -0.39 is 0 Å². The number of hydrogen-bond acceptors (Lipinski definition) is 3. The summed E-state index contributed by atoms with van der Waals surface area (Å²) in [5.74, 6) is 0.729. The van der Waals surface area contributed by atoms with Gasteiger partial charge >= 0.3 is 0 Å². The SMILES string of the molecule is Cc1ccc(OCCC(=O)Nc2ccc(CN)cc2)cc1C. The number of nitrogens with one attached hydrogen (secondary N) is 1. The second-order valence-corrected chi connectivity index (χ2v) is 5.29. The lowest BCUT2D eigenvalue weighted by Crippen LogP contribution is -2.15. The molecule has 2 aromatic carbocycles. The Morgan fingerprint density at radius 1 is 1.09 bits per heavy atom. The number of carbonyl (C=O) groups excluding carboxylic acids is 1. The zero-order valence-corrected chi connectivity index (χ0v) is 13.1. The fraction of sp³-hybridized carbons (Fsp3) is 0.278. The molecule has 0 bridgehead atoms. The normalized spacial score (nSPS) is 10.3. The van der Waals surface area contributed by atoms with E-state index in [0.717, 1.165) is 17.0 Å². The van der Waals surface area contributed by atoms with E-state index in [2.05, 4.69) is 12.2 Å². The molecule has 0 aliphatic heterocycles. The lowest BCUT2D eigenvalue weighted by molar-refractivity contribution is -0.116. The van der Waals surface area contributed by atoms with Gasteiger partial charge in [0.2, 0.25) is 5.91 Å². The summed E-state index contributed by atoms with van der Waals surface area (Å²) in [4.78, 5) is 11.9. The molecule has 22 heavy (non-hydrogen) atoms. The molecule has 0 aliphatic carbocycles. The van der Waals surface area contributed by atoms with Crippen molar-refractivity contribution in [2.24, 2.45) is 5.73 Å². The maximum absolute atomic E-state index is 11.9. The van der Waals surface area contributed by atoms with Crippen LogP contribution < -0.4 is 15.8 Å². The van der Waals surface area contributed by atoms with Crippen LogP contribution in [-0.4, -0.2) is 12.5 Å². The zero-order chi connectivity index (χ0) is 15.9. The van der Waals surface area contributed by atoms with Crippen LogP contribution in [0, 0.1) is 13.8 Å². The molecule has 2 rings (SSSR count). The third kappa shape index (κ3) is 4.60. The predicted octanol–water partition coefficient (Wildman–Crippen LogP) is 3.17. The van der Waals surface area contributed by atoms with Crippen LogP contribution in [0.1, 0.15) is 23.1 Å². The Kier molecular flexibility index (Phi) is 5.55. The molecule has 0 atom stereocenters. The van der Waals surface area contributed by atoms with Gasteiger partial charge in [0, 0.05) is 12.2 Å². The zero-order valence-electron chi connectivity index (χ0n) is 13.1. The maximum atomic E-state index is 11.9. The van der Waals surface area contributed by atoms with Crippen LogP contribution in [0.2, 0.25) is 0 Å². The molecule has 0 radical (unpaired) electrons. The Bertz CT molecular complexity index is 636. The highest BCUT2D eigenvalue weighted by Gasteiger charge is 2.04. The van der Waals surface area contributed by atoms with Crippen LogP contribution in [0.3, 0.4) is 0 Å². The first-order chi connectivity index (χ1) is 10.6. The van der Waals surface area contributed by atoms with Crippen LogP contribution in [0.25, 0.3) is 0 Å². The van der Waals surface area contributed by atoms with E-state index in [1.54, 1.807) is 0 Å². The summed E-state index contributed by atoms with van der Waals surface area (Å²) < 4.78 is 5.61. The van der Waals surface area contributed by atoms with E-state index in [1.165, 1.54) is 11.1 Å². The monoisotopic (exact) mass is 298 g/mol. The van der Waals surface area contributed by atoms with Gasteiger partial charge in [-0.2, -0.15) is 0 Å². The number of aryl methyl sites for hydroxylation is 2. The second kappa shape index (κ2) is 7.61. The molecule has 0 saturated carbocycles. The minimum Gasteiger partial charge on any atom is -0.493 e. The highest BCUT2D eigenvalue weighted by molar-refractivity contribution is 5.90. The van der Waals surface area contributed by atoms with Crippen LogP contribution >= 0.6 is 0 Å². The number of anilines is 1. The van der Waals surface area contributed by atoms with Gasteiger partial charge in [-0.3, -0.25) is 4.79 Å². The van der Waals surface area contributed by atoms with Crippen molar-refractivity contribution in [3.63, 3.8) is 0 Å². The smallest absolute Gasteiger partial charge is 0.227 e. The van der Waals surface area contributed by atoms with Crippen molar-refractivity contribution in [1.82, 2.24) is 0 Å². The minimum absolute atomic E-state index is 0.0654. The molecule has 2 aromatic rings. The molecule has 4 heteroatoms. The van der Waals surface area contributed by atoms with Crippen molar-refractivity contribution in [2.45, 2.75) is 26.8 Å². The van der Waals surface area contributed by atoms with Crippen molar-refractivity contribution >= 4 is 11.6 Å². The first kappa shape index (κ1) is 16.0. The fourth-order valence-corrected chi connectivity index (χ4v) is 2.01. The molecule has 0 aromatic heterocycles.